The molecule has 0 unspecified atom stereocenters. The van der Waals surface area contributed by atoms with Gasteiger partial charge in [0, 0.05) is 29.4 Å². The predicted octanol–water partition coefficient (Wildman–Crippen LogP) is 3.90. The van der Waals surface area contributed by atoms with E-state index in [4.69, 9.17) is 9.20 Å². The summed E-state index contributed by atoms with van der Waals surface area (Å²) in [5.74, 6) is -3.03. The summed E-state index contributed by atoms with van der Waals surface area (Å²) in [7, 11) is -7.74. The van der Waals surface area contributed by atoms with Crippen molar-refractivity contribution in [2.45, 2.75) is 13.0 Å². The highest BCUT2D eigenvalue weighted by atomic mass is 32.2. The number of hydrogen-bond donors (Lipinski definition) is 1. The summed E-state index contributed by atoms with van der Waals surface area (Å²) in [5.41, 5.74) is -0.535. The third kappa shape index (κ3) is 5.17. The number of aromatic nitrogens is 3. The van der Waals surface area contributed by atoms with Crippen molar-refractivity contribution in [2.24, 2.45) is 0 Å². The van der Waals surface area contributed by atoms with E-state index in [1.54, 1.807) is 0 Å². The van der Waals surface area contributed by atoms with Crippen LogP contribution in [0.1, 0.15) is 18.0 Å². The molecule has 1 N–H and O–H groups in total. The van der Waals surface area contributed by atoms with Crippen LogP contribution < -0.4 is 4.31 Å². The van der Waals surface area contributed by atoms with Gasteiger partial charge in [0.2, 0.25) is 5.89 Å². The lowest BCUT2D eigenvalue weighted by Crippen LogP contribution is -2.39. The minimum atomic E-state index is -4.49. The molecule has 0 bridgehead atoms. The second-order valence-electron chi connectivity index (χ2n) is 6.94. The number of anilines is 1. The van der Waals surface area contributed by atoms with Crippen LogP contribution in [0.15, 0.2) is 64.2 Å². The number of hydrogen-bond acceptors (Lipinski definition) is 8. The summed E-state index contributed by atoms with van der Waals surface area (Å²) >= 11 is 0. The molecule has 16 heteroatoms. The van der Waals surface area contributed by atoms with E-state index in [2.05, 4.69) is 15.2 Å². The Balaban J connectivity index is 1.70. The number of nitrogens with one attached hydrogen (secondary N) is 1. The SMILES string of the molecule is N=S1(=O)C=CN(S(=O)(=O)N(Cc2ncc(-c3nnc(C(F)F)o3)cc2F)c2ccc(F)cc2)C=C1. The summed E-state index contributed by atoms with van der Waals surface area (Å²) in [6.45, 7) is -0.666. The predicted molar refractivity (Wildman–Crippen MR) is 115 cm³/mol. The molecule has 2 aromatic heterocycles. The van der Waals surface area contributed by atoms with E-state index in [0.717, 1.165) is 59.7 Å². The molecule has 35 heavy (non-hydrogen) atoms. The van der Waals surface area contributed by atoms with Crippen molar-refractivity contribution in [3.05, 3.63) is 83.0 Å². The molecule has 10 nitrogen and oxygen atoms in total. The molecule has 4 rings (SSSR count). The Labute approximate surface area is 196 Å². The average Bonchev–Trinajstić information content (AvgIpc) is 3.29. The van der Waals surface area contributed by atoms with E-state index in [1.165, 1.54) is 0 Å². The summed E-state index contributed by atoms with van der Waals surface area (Å²) in [6.07, 6.45) is -0.176. The van der Waals surface area contributed by atoms with Gasteiger partial charge in [-0.3, -0.25) is 4.98 Å². The molecule has 0 saturated carbocycles. The molecule has 1 aromatic carbocycles. The van der Waals surface area contributed by atoms with Crippen LogP contribution in [0.5, 0.6) is 0 Å². The first kappa shape index (κ1) is 24.3. The number of halogens is 4. The van der Waals surface area contributed by atoms with Crippen molar-refractivity contribution in [1.29, 1.82) is 4.78 Å². The first-order valence-corrected chi connectivity index (χ1v) is 12.5. The highest BCUT2D eigenvalue weighted by molar-refractivity contribution is 7.98. The molecule has 0 atom stereocenters. The van der Waals surface area contributed by atoms with Gasteiger partial charge >= 0.3 is 16.6 Å². The number of pyridine rings is 1. The standard InChI is InChI=1S/C19H14F4N6O4S2/c20-13-1-3-14(4-2-13)29(35(31,32)28-5-7-34(24,30)8-6-28)11-16-15(21)9-12(10-25-16)18-26-27-19(33-18)17(22)23/h1-10,17,24H,11H2. The zero-order valence-electron chi connectivity index (χ0n) is 17.3. The first-order chi connectivity index (χ1) is 16.5. The van der Waals surface area contributed by atoms with Crippen molar-refractivity contribution in [3.63, 3.8) is 0 Å². The Morgan fingerprint density at radius 3 is 2.34 bits per heavy atom. The van der Waals surface area contributed by atoms with E-state index in [9.17, 15) is 30.2 Å². The zero-order valence-corrected chi connectivity index (χ0v) is 18.9. The summed E-state index contributed by atoms with van der Waals surface area (Å²) < 4.78 is 106. The van der Waals surface area contributed by atoms with Gasteiger partial charge < -0.3 is 4.42 Å². The molecule has 1 aliphatic rings. The van der Waals surface area contributed by atoms with Crippen LogP contribution in [0.25, 0.3) is 11.5 Å². The van der Waals surface area contributed by atoms with Crippen molar-refractivity contribution in [2.75, 3.05) is 4.31 Å². The Morgan fingerprint density at radius 2 is 1.77 bits per heavy atom. The van der Waals surface area contributed by atoms with Crippen LogP contribution >= 0.6 is 0 Å². The molecular formula is C19H14F4N6O4S2. The molecule has 0 amide bonds. The first-order valence-electron chi connectivity index (χ1n) is 9.44. The van der Waals surface area contributed by atoms with Gasteiger partial charge in [-0.2, -0.15) is 17.2 Å². The normalized spacial score (nSPS) is 15.1. The quantitative estimate of drug-likeness (QED) is 0.458. The second kappa shape index (κ2) is 9.10. The lowest BCUT2D eigenvalue weighted by atomic mass is 10.2. The summed E-state index contributed by atoms with van der Waals surface area (Å²) in [4.78, 5) is 3.87. The lowest BCUT2D eigenvalue weighted by molar-refractivity contribution is 0.116. The number of benzene rings is 1. The Hall–Kier alpha value is -3.79. The molecule has 184 valence electrons. The highest BCUT2D eigenvalue weighted by Gasteiger charge is 2.30. The molecule has 0 saturated heterocycles. The van der Waals surface area contributed by atoms with E-state index in [-0.39, 0.29) is 16.9 Å². The van der Waals surface area contributed by atoms with Crippen molar-refractivity contribution in [3.8, 4) is 11.5 Å². The Kier molecular flexibility index (Phi) is 6.33. The summed E-state index contributed by atoms with van der Waals surface area (Å²) in [6, 6.07) is 5.15. The van der Waals surface area contributed by atoms with Crippen molar-refractivity contribution >= 4 is 25.6 Å². The third-order valence-corrected chi connectivity index (χ3v) is 7.29. The fraction of sp³-hybridized carbons (Fsp3) is 0.105. The van der Waals surface area contributed by atoms with Crippen LogP contribution in [-0.4, -0.2) is 32.1 Å². The maximum atomic E-state index is 14.9. The van der Waals surface area contributed by atoms with Gasteiger partial charge in [-0.05, 0) is 30.3 Å². The third-order valence-electron chi connectivity index (χ3n) is 4.56. The fourth-order valence-electron chi connectivity index (χ4n) is 2.85. The average molecular weight is 530 g/mol. The highest BCUT2D eigenvalue weighted by Crippen LogP contribution is 2.28. The summed E-state index contributed by atoms with van der Waals surface area (Å²) in [5, 5.41) is 8.30. The molecule has 3 heterocycles. The molecule has 3 aromatic rings. The molecule has 0 aliphatic carbocycles. The maximum Gasteiger partial charge on any atom is 0.330 e. The fourth-order valence-corrected chi connectivity index (χ4v) is 5.05. The van der Waals surface area contributed by atoms with E-state index >= 15 is 0 Å². The molecule has 0 radical (unpaired) electrons. The van der Waals surface area contributed by atoms with Crippen LogP contribution in [0.2, 0.25) is 0 Å². The van der Waals surface area contributed by atoms with E-state index < -0.39 is 56.3 Å². The minimum absolute atomic E-state index is 0.0471. The maximum absolute atomic E-state index is 14.9. The number of rotatable bonds is 7. The zero-order chi connectivity index (χ0) is 25.4. The van der Waals surface area contributed by atoms with Crippen molar-refractivity contribution < 1.29 is 34.6 Å². The van der Waals surface area contributed by atoms with Gasteiger partial charge in [-0.15, -0.1) is 10.2 Å². The van der Waals surface area contributed by atoms with Crippen LogP contribution in [0.4, 0.5) is 23.2 Å². The molecule has 0 fully saturated rings. The van der Waals surface area contributed by atoms with Crippen LogP contribution in [0, 0.1) is 16.4 Å². The van der Waals surface area contributed by atoms with E-state index in [1.807, 2.05) is 0 Å². The van der Waals surface area contributed by atoms with Gasteiger partial charge in [-0.1, -0.05) is 0 Å². The van der Waals surface area contributed by atoms with E-state index in [0.29, 0.717) is 8.61 Å². The lowest BCUT2D eigenvalue weighted by Gasteiger charge is -2.29. The molecule has 0 spiro atoms. The molecule has 1 aliphatic heterocycles. The Morgan fingerprint density at radius 1 is 1.11 bits per heavy atom. The smallest absolute Gasteiger partial charge is 0.330 e. The monoisotopic (exact) mass is 530 g/mol. The van der Waals surface area contributed by atoms with Gasteiger partial charge in [0.05, 0.1) is 33.2 Å². The second-order valence-corrected chi connectivity index (χ2v) is 10.5. The Bertz CT molecular complexity index is 1500. The topological polar surface area (TPSA) is 133 Å². The van der Waals surface area contributed by atoms with Gasteiger partial charge in [0.25, 0.3) is 5.89 Å². The van der Waals surface area contributed by atoms with Gasteiger partial charge in [-0.25, -0.2) is 26.4 Å². The largest absolute Gasteiger partial charge is 0.415 e. The van der Waals surface area contributed by atoms with Gasteiger partial charge in [0.1, 0.15) is 11.6 Å². The number of alkyl halides is 2. The van der Waals surface area contributed by atoms with Crippen molar-refractivity contribution in [1.82, 2.24) is 19.5 Å². The van der Waals surface area contributed by atoms with Crippen LogP contribution in [0.3, 0.4) is 0 Å². The van der Waals surface area contributed by atoms with Gasteiger partial charge in [0.15, 0.2) is 0 Å². The minimum Gasteiger partial charge on any atom is -0.415 e. The van der Waals surface area contributed by atoms with Crippen LogP contribution in [-0.2, 0) is 26.5 Å². The number of nitrogens with zero attached hydrogens (tertiary/aromatic N) is 5. The molecular weight excluding hydrogens is 516 g/mol.